The lowest BCUT2D eigenvalue weighted by molar-refractivity contribution is -0.137. The number of nitrogens with zero attached hydrogens (tertiary/aromatic N) is 1. The Morgan fingerprint density at radius 1 is 0.893 bits per heavy atom. The van der Waals surface area contributed by atoms with E-state index in [9.17, 15) is 34.8 Å². The largest absolute Gasteiger partial charge is 0.511 e. The van der Waals surface area contributed by atoms with Crippen LogP contribution < -0.4 is 0 Å². The molecule has 0 aliphatic heterocycles. The molecule has 0 saturated carbocycles. The van der Waals surface area contributed by atoms with E-state index in [1.54, 1.807) is 18.2 Å². The van der Waals surface area contributed by atoms with Gasteiger partial charge in [0.25, 0.3) is 0 Å². The lowest BCUT2D eigenvalue weighted by Crippen LogP contribution is -2.40. The van der Waals surface area contributed by atoms with Crippen molar-refractivity contribution < 1.29 is 34.8 Å². The van der Waals surface area contributed by atoms with Crippen LogP contribution >= 0.6 is 0 Å². The topological polar surface area (TPSA) is 37.4 Å². The summed E-state index contributed by atoms with van der Waals surface area (Å²) in [6.45, 7) is -1.19. The summed E-state index contributed by atoms with van der Waals surface area (Å²) in [7, 11) is -5.62. The maximum atomic E-state index is 12.9. The second-order valence-electron chi connectivity index (χ2n) is 5.75. The van der Waals surface area contributed by atoms with Gasteiger partial charge in [-0.3, -0.25) is 0 Å². The molecule has 0 bridgehead atoms. The van der Waals surface area contributed by atoms with Crippen LogP contribution in [0.4, 0.5) is 26.3 Å². The maximum absolute atomic E-state index is 12.9. The van der Waals surface area contributed by atoms with Gasteiger partial charge < -0.3 is 0 Å². The summed E-state index contributed by atoms with van der Waals surface area (Å²) in [5, 5.41) is 0. The monoisotopic (exact) mass is 423 g/mol. The van der Waals surface area contributed by atoms with Gasteiger partial charge in [-0.25, -0.2) is 8.42 Å². The molecule has 0 spiro atoms. The van der Waals surface area contributed by atoms with Crippen molar-refractivity contribution in [2.75, 3.05) is 6.54 Å². The van der Waals surface area contributed by atoms with Crippen LogP contribution in [0.25, 0.3) is 6.08 Å². The van der Waals surface area contributed by atoms with Gasteiger partial charge in [0, 0.05) is 13.1 Å². The highest BCUT2D eigenvalue weighted by Gasteiger charge is 2.49. The van der Waals surface area contributed by atoms with Gasteiger partial charge in [-0.15, -0.1) is 0 Å². The first-order chi connectivity index (χ1) is 12.9. The average molecular weight is 423 g/mol. The predicted molar refractivity (Wildman–Crippen MR) is 92.3 cm³/mol. The van der Waals surface area contributed by atoms with Crippen molar-refractivity contribution in [3.63, 3.8) is 0 Å². The molecular weight excluding hydrogens is 408 g/mol. The molecule has 0 fully saturated rings. The van der Waals surface area contributed by atoms with Crippen LogP contribution in [-0.2, 0) is 22.7 Å². The van der Waals surface area contributed by atoms with E-state index in [0.29, 0.717) is 5.56 Å². The smallest absolute Gasteiger partial charge is 0.203 e. The molecular formula is C18H15F6NO2S. The molecule has 2 aromatic carbocycles. The molecule has 3 nitrogen and oxygen atoms in total. The van der Waals surface area contributed by atoms with Crippen LogP contribution in [-0.4, -0.2) is 24.8 Å². The van der Waals surface area contributed by atoms with Gasteiger partial charge in [0.05, 0.1) is 5.56 Å². The van der Waals surface area contributed by atoms with E-state index in [0.717, 1.165) is 30.4 Å². The van der Waals surface area contributed by atoms with E-state index in [2.05, 4.69) is 0 Å². The summed E-state index contributed by atoms with van der Waals surface area (Å²) in [5.41, 5.74) is -5.99. The zero-order valence-corrected chi connectivity index (χ0v) is 15.0. The highest BCUT2D eigenvalue weighted by molar-refractivity contribution is 7.89. The van der Waals surface area contributed by atoms with E-state index in [1.807, 2.05) is 0 Å². The van der Waals surface area contributed by atoms with Crippen LogP contribution in [0.5, 0.6) is 0 Å². The van der Waals surface area contributed by atoms with Crippen molar-refractivity contribution in [1.82, 2.24) is 4.31 Å². The Hall–Kier alpha value is -2.33. The minimum absolute atomic E-state index is 0.0823. The van der Waals surface area contributed by atoms with Gasteiger partial charge in [0.1, 0.15) is 0 Å². The molecule has 0 atom stereocenters. The molecule has 0 unspecified atom stereocenters. The summed E-state index contributed by atoms with van der Waals surface area (Å²) >= 11 is 0. The predicted octanol–water partition coefficient (Wildman–Crippen LogP) is 5.07. The first-order valence-corrected chi connectivity index (χ1v) is 9.29. The summed E-state index contributed by atoms with van der Waals surface area (Å²) in [5.74, 6) is 0. The molecule has 0 aliphatic rings. The fourth-order valence-corrected chi connectivity index (χ4v) is 3.20. The van der Waals surface area contributed by atoms with Gasteiger partial charge in [0.2, 0.25) is 0 Å². The van der Waals surface area contributed by atoms with Crippen molar-refractivity contribution in [1.29, 1.82) is 0 Å². The Bertz CT molecular complexity index is 921. The third-order valence-electron chi connectivity index (χ3n) is 3.67. The Balaban J connectivity index is 2.25. The zero-order chi connectivity index (χ0) is 21.0. The maximum Gasteiger partial charge on any atom is 0.511 e. The number of halogens is 6. The van der Waals surface area contributed by atoms with Gasteiger partial charge in [-0.2, -0.15) is 30.6 Å². The summed E-state index contributed by atoms with van der Waals surface area (Å²) in [4.78, 5) is 0. The van der Waals surface area contributed by atoms with Crippen molar-refractivity contribution in [3.8, 4) is 0 Å². The lowest BCUT2D eigenvalue weighted by atomic mass is 10.1. The van der Waals surface area contributed by atoms with Crippen molar-refractivity contribution >= 4 is 16.1 Å². The SMILES string of the molecule is O=S(=O)(N(C/C=C/c1cccc(C(F)(F)F)c1)Cc1ccccc1)C(F)(F)F. The Morgan fingerprint density at radius 2 is 1.54 bits per heavy atom. The van der Waals surface area contributed by atoms with Crippen molar-refractivity contribution in [2.45, 2.75) is 18.2 Å². The second kappa shape index (κ2) is 8.36. The molecule has 0 amide bonds. The van der Waals surface area contributed by atoms with Gasteiger partial charge in [-0.1, -0.05) is 54.6 Å². The summed E-state index contributed by atoms with van der Waals surface area (Å²) < 4.78 is 101. The van der Waals surface area contributed by atoms with Crippen LogP contribution in [0, 0.1) is 0 Å². The number of hydrogen-bond donors (Lipinski definition) is 0. The molecule has 2 aromatic rings. The molecule has 0 radical (unpaired) electrons. The molecule has 152 valence electrons. The third kappa shape index (κ3) is 5.59. The van der Waals surface area contributed by atoms with Crippen LogP contribution in [0.1, 0.15) is 16.7 Å². The molecule has 2 rings (SSSR count). The minimum Gasteiger partial charge on any atom is -0.203 e. The Morgan fingerprint density at radius 3 is 2.11 bits per heavy atom. The third-order valence-corrected chi connectivity index (χ3v) is 5.21. The molecule has 10 heteroatoms. The van der Waals surface area contributed by atoms with E-state index in [1.165, 1.54) is 18.2 Å². The Kier molecular flexibility index (Phi) is 6.56. The van der Waals surface area contributed by atoms with Crippen molar-refractivity contribution in [2.24, 2.45) is 0 Å². The zero-order valence-electron chi connectivity index (χ0n) is 14.2. The lowest BCUT2D eigenvalue weighted by Gasteiger charge is -2.22. The van der Waals surface area contributed by atoms with E-state index < -0.39 is 40.4 Å². The number of sulfonamides is 1. The van der Waals surface area contributed by atoms with E-state index >= 15 is 0 Å². The van der Waals surface area contributed by atoms with Crippen LogP contribution in [0.2, 0.25) is 0 Å². The van der Waals surface area contributed by atoms with Crippen LogP contribution in [0.3, 0.4) is 0 Å². The molecule has 0 N–H and O–H groups in total. The van der Waals surface area contributed by atoms with E-state index in [4.69, 9.17) is 0 Å². The normalized spacial score (nSPS) is 13.4. The van der Waals surface area contributed by atoms with Gasteiger partial charge >= 0.3 is 21.7 Å². The summed E-state index contributed by atoms with van der Waals surface area (Å²) in [6.07, 6.45) is -2.36. The van der Waals surface area contributed by atoms with Crippen LogP contribution in [0.15, 0.2) is 60.7 Å². The standard InChI is InChI=1S/C18H15F6NO2S/c19-17(20,21)16-10-4-8-14(12-16)9-5-11-25(28(26,27)18(22,23)24)13-15-6-2-1-3-7-15/h1-10,12H,11,13H2/b9-5+. The van der Waals surface area contributed by atoms with Crippen molar-refractivity contribution in [3.05, 3.63) is 77.4 Å². The molecule has 0 aliphatic carbocycles. The summed E-state index contributed by atoms with van der Waals surface area (Å²) in [6, 6.07) is 11.8. The minimum atomic E-state index is -5.62. The first kappa shape index (κ1) is 22.0. The Labute approximate surface area is 158 Å². The number of hydrogen-bond acceptors (Lipinski definition) is 2. The molecule has 28 heavy (non-hydrogen) atoms. The van der Waals surface area contributed by atoms with Gasteiger partial charge in [-0.05, 0) is 23.3 Å². The molecule has 0 heterocycles. The highest BCUT2D eigenvalue weighted by atomic mass is 32.2. The second-order valence-corrected chi connectivity index (χ2v) is 7.68. The quantitative estimate of drug-likeness (QED) is 0.609. The fourth-order valence-electron chi connectivity index (χ4n) is 2.31. The molecule has 0 aromatic heterocycles. The van der Waals surface area contributed by atoms with E-state index in [-0.39, 0.29) is 9.87 Å². The first-order valence-electron chi connectivity index (χ1n) is 7.85. The highest BCUT2D eigenvalue weighted by Crippen LogP contribution is 2.30. The number of rotatable bonds is 6. The number of benzene rings is 2. The fraction of sp³-hybridized carbons (Fsp3) is 0.222. The average Bonchev–Trinajstić information content (AvgIpc) is 2.60. The number of alkyl halides is 6. The van der Waals surface area contributed by atoms with Gasteiger partial charge in [0.15, 0.2) is 0 Å². The molecule has 0 saturated heterocycles.